The largest absolute Gasteiger partial charge is 0.497 e. The first-order valence-electron chi connectivity index (χ1n) is 19.3. The number of carbonyl (C=O) groups excluding carboxylic acids is 4. The molecular formula is C46H51N3O7. The first kappa shape index (κ1) is 41.3. The molecule has 10 nitrogen and oxygen atoms in total. The average Bonchev–Trinajstić information content (AvgIpc) is 3.55. The Balaban J connectivity index is 1.19. The topological polar surface area (TPSA) is 142 Å². The van der Waals surface area contributed by atoms with E-state index in [-0.39, 0.29) is 36.9 Å². The van der Waals surface area contributed by atoms with Crippen molar-refractivity contribution in [1.29, 1.82) is 0 Å². The maximum atomic E-state index is 13.7. The molecule has 5 rings (SSSR count). The van der Waals surface area contributed by atoms with Crippen molar-refractivity contribution in [2.24, 2.45) is 5.92 Å². The summed E-state index contributed by atoms with van der Waals surface area (Å²) in [6.45, 7) is 0.858. The first-order chi connectivity index (χ1) is 27.2. The van der Waals surface area contributed by atoms with E-state index in [1.807, 2.05) is 78.9 Å². The number of carboxylic acids is 1. The molecule has 1 aliphatic heterocycles. The lowest BCUT2D eigenvalue weighted by Gasteiger charge is -2.37. The molecule has 0 unspecified atom stereocenters. The molecule has 0 saturated heterocycles. The van der Waals surface area contributed by atoms with Crippen LogP contribution in [0.2, 0.25) is 0 Å². The summed E-state index contributed by atoms with van der Waals surface area (Å²) in [5.41, 5.74) is 3.31. The number of ether oxygens (including phenoxy) is 1. The molecule has 0 spiro atoms. The molecule has 0 radical (unpaired) electrons. The number of amides is 3. The maximum Gasteiger partial charge on any atom is 0.326 e. The molecule has 4 aromatic rings. The van der Waals surface area contributed by atoms with Gasteiger partial charge in [0.25, 0.3) is 11.8 Å². The number of hydrogen-bond acceptors (Lipinski definition) is 7. The predicted molar refractivity (Wildman–Crippen MR) is 215 cm³/mol. The number of nitrogens with one attached hydrogen (secondary N) is 2. The maximum absolute atomic E-state index is 13.7. The zero-order valence-corrected chi connectivity index (χ0v) is 31.9. The Labute approximate surface area is 329 Å². The fraction of sp³-hybridized carbons (Fsp3) is 0.326. The van der Waals surface area contributed by atoms with Gasteiger partial charge in [-0.2, -0.15) is 0 Å². The minimum atomic E-state index is -1.12. The zero-order chi connectivity index (χ0) is 39.8. The fourth-order valence-corrected chi connectivity index (χ4v) is 7.27. The van der Waals surface area contributed by atoms with Crippen molar-refractivity contribution in [3.05, 3.63) is 150 Å². The molecule has 292 valence electrons. The molecule has 10 heteroatoms. The van der Waals surface area contributed by atoms with E-state index in [0.717, 1.165) is 28.0 Å². The van der Waals surface area contributed by atoms with Gasteiger partial charge in [-0.25, -0.2) is 4.79 Å². The second-order valence-electron chi connectivity index (χ2n) is 14.1. The van der Waals surface area contributed by atoms with Crippen LogP contribution in [-0.4, -0.2) is 65.7 Å². The van der Waals surface area contributed by atoms with E-state index >= 15 is 0 Å². The second-order valence-corrected chi connectivity index (χ2v) is 14.1. The van der Waals surface area contributed by atoms with Crippen LogP contribution in [-0.2, 0) is 35.9 Å². The van der Waals surface area contributed by atoms with E-state index < -0.39 is 29.4 Å². The Morgan fingerprint density at radius 2 is 1.29 bits per heavy atom. The van der Waals surface area contributed by atoms with Crippen molar-refractivity contribution in [2.75, 3.05) is 20.2 Å². The third kappa shape index (κ3) is 11.1. The highest BCUT2D eigenvalue weighted by Crippen LogP contribution is 2.37. The molecule has 0 aliphatic carbocycles. The minimum absolute atomic E-state index is 0.0174. The number of nitrogens with zero attached hydrogens (tertiary/aromatic N) is 1. The van der Waals surface area contributed by atoms with E-state index in [2.05, 4.69) is 47.0 Å². The van der Waals surface area contributed by atoms with Crippen molar-refractivity contribution in [3.63, 3.8) is 0 Å². The van der Waals surface area contributed by atoms with Gasteiger partial charge in [-0.15, -0.1) is 0 Å². The van der Waals surface area contributed by atoms with Crippen LogP contribution in [0.25, 0.3) is 0 Å². The van der Waals surface area contributed by atoms with E-state index in [4.69, 9.17) is 4.74 Å². The number of aliphatic carboxylic acids is 1. The van der Waals surface area contributed by atoms with Crippen LogP contribution >= 0.6 is 0 Å². The molecule has 0 aromatic heterocycles. The molecule has 0 saturated carbocycles. The second kappa shape index (κ2) is 20.7. The summed E-state index contributed by atoms with van der Waals surface area (Å²) in [7, 11) is 1.64. The number of hydrogen-bond donors (Lipinski definition) is 3. The van der Waals surface area contributed by atoms with Gasteiger partial charge in [0, 0.05) is 37.5 Å². The van der Waals surface area contributed by atoms with E-state index in [9.17, 15) is 29.1 Å². The number of unbranched alkanes of at least 4 members (excludes halogenated alkanes) is 3. The predicted octanol–water partition coefficient (Wildman–Crippen LogP) is 6.62. The number of benzene rings is 4. The van der Waals surface area contributed by atoms with Crippen molar-refractivity contribution in [1.82, 2.24) is 15.5 Å². The Morgan fingerprint density at radius 1 is 0.714 bits per heavy atom. The van der Waals surface area contributed by atoms with Gasteiger partial charge in [0.15, 0.2) is 0 Å². The molecule has 3 amide bonds. The van der Waals surface area contributed by atoms with Gasteiger partial charge in [0.2, 0.25) is 5.91 Å². The lowest BCUT2D eigenvalue weighted by Crippen LogP contribution is -2.45. The van der Waals surface area contributed by atoms with Crippen LogP contribution in [0, 0.1) is 5.92 Å². The molecular weight excluding hydrogens is 707 g/mol. The van der Waals surface area contributed by atoms with Gasteiger partial charge in [0.05, 0.1) is 12.6 Å². The number of Topliss-reactive ketones (excluding diaryl/α,β-unsaturated/α-hetero) is 1. The Morgan fingerprint density at radius 3 is 1.86 bits per heavy atom. The lowest BCUT2D eigenvalue weighted by molar-refractivity contribution is -0.143. The molecule has 3 N–H and O–H groups in total. The number of carbonyl (C=O) groups is 5. The monoisotopic (exact) mass is 757 g/mol. The number of imide groups is 1. The fourth-order valence-electron chi connectivity index (χ4n) is 7.27. The van der Waals surface area contributed by atoms with E-state index in [1.165, 1.54) is 17.1 Å². The molecule has 0 bridgehead atoms. The Bertz CT molecular complexity index is 1870. The molecule has 0 fully saturated rings. The number of rotatable bonds is 23. The molecule has 4 aromatic carbocycles. The van der Waals surface area contributed by atoms with E-state index in [0.29, 0.717) is 51.6 Å². The Kier molecular flexibility index (Phi) is 15.3. The van der Waals surface area contributed by atoms with Crippen LogP contribution in [0.15, 0.2) is 127 Å². The quantitative estimate of drug-likeness (QED) is 0.0436. The summed E-state index contributed by atoms with van der Waals surface area (Å²) in [6.07, 6.45) is 6.21. The molecule has 2 atom stereocenters. The summed E-state index contributed by atoms with van der Waals surface area (Å²) in [6, 6.07) is 36.7. The highest BCUT2D eigenvalue weighted by atomic mass is 16.5. The Hall–Kier alpha value is -5.87. The van der Waals surface area contributed by atoms with E-state index in [1.54, 1.807) is 7.11 Å². The normalized spacial score (nSPS) is 13.7. The molecule has 1 aliphatic rings. The van der Waals surface area contributed by atoms with Gasteiger partial charge in [0.1, 0.15) is 17.6 Å². The van der Waals surface area contributed by atoms with Crippen molar-refractivity contribution in [2.45, 2.75) is 69.4 Å². The van der Waals surface area contributed by atoms with Gasteiger partial charge in [-0.05, 0) is 79.5 Å². The van der Waals surface area contributed by atoms with Crippen LogP contribution < -0.4 is 15.4 Å². The third-order valence-corrected chi connectivity index (χ3v) is 10.3. The van der Waals surface area contributed by atoms with Gasteiger partial charge >= 0.3 is 5.97 Å². The van der Waals surface area contributed by atoms with Crippen LogP contribution in [0.1, 0.15) is 73.6 Å². The van der Waals surface area contributed by atoms with Crippen molar-refractivity contribution in [3.8, 4) is 5.75 Å². The number of carboxylic acid groups (broad SMARTS) is 1. The van der Waals surface area contributed by atoms with Gasteiger partial charge in [-0.1, -0.05) is 110 Å². The zero-order valence-electron chi connectivity index (χ0n) is 31.9. The summed E-state index contributed by atoms with van der Waals surface area (Å²) in [5.74, 6) is -2.31. The summed E-state index contributed by atoms with van der Waals surface area (Å²) < 4.78 is 5.45. The summed E-state index contributed by atoms with van der Waals surface area (Å²) >= 11 is 0. The minimum Gasteiger partial charge on any atom is -0.497 e. The summed E-state index contributed by atoms with van der Waals surface area (Å²) in [5, 5.41) is 16.8. The van der Waals surface area contributed by atoms with Crippen molar-refractivity contribution >= 4 is 29.5 Å². The smallest absolute Gasteiger partial charge is 0.326 e. The SMILES string of the molecule is COc1ccc(C(NCCCC[C@H](NC(=O)[C@@H](CC(=O)CCCCCN2C(=O)C=CC2=O)Cc2ccccc2)C(=O)O)(c2ccccc2)c2ccccc2)cc1. The highest BCUT2D eigenvalue weighted by molar-refractivity contribution is 6.12. The van der Waals surface area contributed by atoms with Crippen LogP contribution in [0.4, 0.5) is 0 Å². The summed E-state index contributed by atoms with van der Waals surface area (Å²) in [4.78, 5) is 64.0. The molecule has 1 heterocycles. The van der Waals surface area contributed by atoms with Crippen molar-refractivity contribution < 1.29 is 33.8 Å². The van der Waals surface area contributed by atoms with Gasteiger partial charge in [-0.3, -0.25) is 29.4 Å². The number of ketones is 1. The number of methoxy groups -OCH3 is 1. The third-order valence-electron chi connectivity index (χ3n) is 10.3. The lowest BCUT2D eigenvalue weighted by atomic mass is 9.77. The standard InChI is InChI=1S/C46H51N3O7/c1-56-40-26-24-38(25-27-40)46(36-18-8-3-9-19-36,37-20-10-4-11-21-37)47-30-14-13-23-41(45(54)55)48-44(53)35(32-34-16-6-2-7-17-34)33-39(50)22-12-5-15-31-49-42(51)28-29-43(49)52/h2-4,6-11,16-21,24-29,35,41,47H,5,12-15,22-23,30-33H2,1H3,(H,48,53)(H,54,55)/t35-,41+/m1/s1. The first-order valence-corrected chi connectivity index (χ1v) is 19.3. The van der Waals surface area contributed by atoms with Gasteiger partial charge < -0.3 is 15.2 Å². The van der Waals surface area contributed by atoms with Crippen LogP contribution in [0.5, 0.6) is 5.75 Å². The molecule has 56 heavy (non-hydrogen) atoms. The van der Waals surface area contributed by atoms with Crippen LogP contribution in [0.3, 0.4) is 0 Å². The highest BCUT2D eigenvalue weighted by Gasteiger charge is 2.36. The average molecular weight is 758 g/mol.